The molecule has 1 aliphatic heterocycles. The Labute approximate surface area is 115 Å². The van der Waals surface area contributed by atoms with E-state index in [9.17, 15) is 5.11 Å². The van der Waals surface area contributed by atoms with E-state index in [2.05, 4.69) is 41.2 Å². The summed E-state index contributed by atoms with van der Waals surface area (Å²) in [5.41, 5.74) is 1.21. The number of nitrogens with one attached hydrogen (secondary N) is 1. The molecule has 0 bridgehead atoms. The molecule has 2 N–H and O–H groups in total. The average Bonchev–Trinajstić information content (AvgIpc) is 2.87. The molecule has 0 spiro atoms. The van der Waals surface area contributed by atoms with Crippen molar-refractivity contribution in [2.75, 3.05) is 24.6 Å². The van der Waals surface area contributed by atoms with Crippen LogP contribution in [-0.4, -0.2) is 35.8 Å². The van der Waals surface area contributed by atoms with Gasteiger partial charge < -0.3 is 15.3 Å². The summed E-state index contributed by atoms with van der Waals surface area (Å²) in [7, 11) is 0. The van der Waals surface area contributed by atoms with E-state index in [0.29, 0.717) is 5.92 Å². The van der Waals surface area contributed by atoms with E-state index >= 15 is 0 Å². The van der Waals surface area contributed by atoms with Crippen molar-refractivity contribution in [3.05, 3.63) is 23.9 Å². The molecule has 4 heteroatoms. The summed E-state index contributed by atoms with van der Waals surface area (Å²) in [6.07, 6.45) is 4.15. The fourth-order valence-electron chi connectivity index (χ4n) is 2.52. The smallest absolute Gasteiger partial charge is 0.128 e. The quantitative estimate of drug-likeness (QED) is 0.821. The largest absolute Gasteiger partial charge is 0.394 e. The first-order valence-corrected chi connectivity index (χ1v) is 7.24. The van der Waals surface area contributed by atoms with Gasteiger partial charge in [-0.05, 0) is 36.9 Å². The van der Waals surface area contributed by atoms with Crippen molar-refractivity contribution in [1.82, 2.24) is 10.3 Å². The minimum absolute atomic E-state index is 0.222. The summed E-state index contributed by atoms with van der Waals surface area (Å²) >= 11 is 0. The molecule has 0 radical (unpaired) electrons. The van der Waals surface area contributed by atoms with E-state index in [-0.39, 0.29) is 12.6 Å². The minimum atomic E-state index is 0.222. The molecule has 1 saturated heterocycles. The molecule has 0 aliphatic carbocycles. The first-order valence-electron chi connectivity index (χ1n) is 7.24. The molecule has 0 amide bonds. The van der Waals surface area contributed by atoms with Crippen molar-refractivity contribution in [3.63, 3.8) is 0 Å². The Hall–Kier alpha value is -1.13. The summed E-state index contributed by atoms with van der Waals surface area (Å²) in [4.78, 5) is 6.75. The number of aromatic nitrogens is 1. The van der Waals surface area contributed by atoms with Gasteiger partial charge in [-0.25, -0.2) is 4.98 Å². The van der Waals surface area contributed by atoms with Crippen molar-refractivity contribution >= 4 is 5.82 Å². The average molecular weight is 263 g/mol. The van der Waals surface area contributed by atoms with Gasteiger partial charge >= 0.3 is 0 Å². The second-order valence-electron chi connectivity index (χ2n) is 5.72. The highest BCUT2D eigenvalue weighted by molar-refractivity contribution is 5.41. The lowest BCUT2D eigenvalue weighted by Gasteiger charge is -2.24. The molecule has 19 heavy (non-hydrogen) atoms. The van der Waals surface area contributed by atoms with E-state index in [1.54, 1.807) is 0 Å². The Morgan fingerprint density at radius 3 is 2.95 bits per heavy atom. The van der Waals surface area contributed by atoms with Crippen LogP contribution < -0.4 is 10.2 Å². The zero-order chi connectivity index (χ0) is 13.7. The van der Waals surface area contributed by atoms with Gasteiger partial charge in [0.25, 0.3) is 0 Å². The fraction of sp³-hybridized carbons (Fsp3) is 0.667. The SMILES string of the molecule is CC(C)CNCc1ccc(N2CCCC2CO)nc1. The van der Waals surface area contributed by atoms with E-state index < -0.39 is 0 Å². The zero-order valence-electron chi connectivity index (χ0n) is 12.0. The van der Waals surface area contributed by atoms with E-state index in [0.717, 1.165) is 38.3 Å². The van der Waals surface area contributed by atoms with Crippen LogP contribution in [0.5, 0.6) is 0 Å². The van der Waals surface area contributed by atoms with E-state index in [1.807, 2.05) is 6.20 Å². The number of hydrogen-bond acceptors (Lipinski definition) is 4. The van der Waals surface area contributed by atoms with Crippen LogP contribution in [0, 0.1) is 5.92 Å². The van der Waals surface area contributed by atoms with Crippen molar-refractivity contribution in [1.29, 1.82) is 0 Å². The standard InChI is InChI=1S/C15H25N3O/c1-12(2)8-16-9-13-5-6-15(17-10-13)18-7-3-4-14(18)11-19/h5-6,10,12,14,16,19H,3-4,7-9,11H2,1-2H3. The maximum absolute atomic E-state index is 9.34. The molecule has 0 saturated carbocycles. The number of rotatable bonds is 6. The molecule has 1 aromatic rings. The van der Waals surface area contributed by atoms with Gasteiger partial charge in [0.1, 0.15) is 5.82 Å². The van der Waals surface area contributed by atoms with Crippen molar-refractivity contribution in [2.45, 2.75) is 39.3 Å². The Balaban J connectivity index is 1.91. The number of anilines is 1. The Morgan fingerprint density at radius 1 is 1.47 bits per heavy atom. The van der Waals surface area contributed by atoms with Crippen LogP contribution >= 0.6 is 0 Å². The summed E-state index contributed by atoms with van der Waals surface area (Å²) < 4.78 is 0. The predicted octanol–water partition coefficient (Wildman–Crippen LogP) is 1.79. The molecule has 1 fully saturated rings. The number of aliphatic hydroxyl groups is 1. The molecule has 0 aromatic carbocycles. The third-order valence-electron chi connectivity index (χ3n) is 3.57. The second kappa shape index (κ2) is 6.87. The zero-order valence-corrected chi connectivity index (χ0v) is 12.0. The van der Waals surface area contributed by atoms with E-state index in [1.165, 1.54) is 5.56 Å². The molecule has 1 aromatic heterocycles. The second-order valence-corrected chi connectivity index (χ2v) is 5.72. The van der Waals surface area contributed by atoms with Crippen LogP contribution in [-0.2, 0) is 6.54 Å². The first-order chi connectivity index (χ1) is 9.20. The third kappa shape index (κ3) is 3.91. The highest BCUT2D eigenvalue weighted by atomic mass is 16.3. The molecule has 106 valence electrons. The summed E-state index contributed by atoms with van der Waals surface area (Å²) in [6.45, 7) is 7.53. The number of nitrogens with zero attached hydrogens (tertiary/aromatic N) is 2. The van der Waals surface area contributed by atoms with Gasteiger partial charge in [0.15, 0.2) is 0 Å². The maximum Gasteiger partial charge on any atom is 0.128 e. The molecule has 4 nitrogen and oxygen atoms in total. The highest BCUT2D eigenvalue weighted by Crippen LogP contribution is 2.23. The topological polar surface area (TPSA) is 48.4 Å². The van der Waals surface area contributed by atoms with Gasteiger partial charge in [0.2, 0.25) is 0 Å². The normalized spacial score (nSPS) is 19.4. The molecular formula is C15H25N3O. The van der Waals surface area contributed by atoms with Crippen molar-refractivity contribution in [2.24, 2.45) is 5.92 Å². The molecule has 2 rings (SSSR count). The molecular weight excluding hydrogens is 238 g/mol. The van der Waals surface area contributed by atoms with Crippen molar-refractivity contribution in [3.8, 4) is 0 Å². The Kier molecular flexibility index (Phi) is 5.16. The van der Waals surface area contributed by atoms with Crippen molar-refractivity contribution < 1.29 is 5.11 Å². The van der Waals surface area contributed by atoms with Crippen LogP contribution in [0.3, 0.4) is 0 Å². The predicted molar refractivity (Wildman–Crippen MR) is 78.2 cm³/mol. The third-order valence-corrected chi connectivity index (χ3v) is 3.57. The maximum atomic E-state index is 9.34. The molecule has 2 heterocycles. The molecule has 1 atom stereocenters. The summed E-state index contributed by atoms with van der Waals surface area (Å²) in [5.74, 6) is 1.66. The van der Waals surface area contributed by atoms with Crippen LogP contribution in [0.2, 0.25) is 0 Å². The van der Waals surface area contributed by atoms with Gasteiger partial charge in [0.05, 0.1) is 12.6 Å². The molecule has 1 aliphatic rings. The number of hydrogen-bond donors (Lipinski definition) is 2. The van der Waals surface area contributed by atoms with Crippen LogP contribution in [0.15, 0.2) is 18.3 Å². The van der Waals surface area contributed by atoms with Crippen LogP contribution in [0.25, 0.3) is 0 Å². The number of pyridine rings is 1. The highest BCUT2D eigenvalue weighted by Gasteiger charge is 2.24. The van der Waals surface area contributed by atoms with Gasteiger partial charge in [-0.2, -0.15) is 0 Å². The fourth-order valence-corrected chi connectivity index (χ4v) is 2.52. The summed E-state index contributed by atoms with van der Waals surface area (Å²) in [6, 6.07) is 4.44. The van der Waals surface area contributed by atoms with Gasteiger partial charge in [-0.15, -0.1) is 0 Å². The molecule has 1 unspecified atom stereocenters. The monoisotopic (exact) mass is 263 g/mol. The van der Waals surface area contributed by atoms with E-state index in [4.69, 9.17) is 0 Å². The van der Waals surface area contributed by atoms with Gasteiger partial charge in [-0.1, -0.05) is 19.9 Å². The summed E-state index contributed by atoms with van der Waals surface area (Å²) in [5, 5.41) is 12.8. The lowest BCUT2D eigenvalue weighted by molar-refractivity contribution is 0.266. The lowest BCUT2D eigenvalue weighted by atomic mass is 10.2. The van der Waals surface area contributed by atoms with Crippen LogP contribution in [0.1, 0.15) is 32.3 Å². The Morgan fingerprint density at radius 2 is 2.32 bits per heavy atom. The van der Waals surface area contributed by atoms with Crippen LogP contribution in [0.4, 0.5) is 5.82 Å². The first kappa shape index (κ1) is 14.3. The number of aliphatic hydroxyl groups excluding tert-OH is 1. The lowest BCUT2D eigenvalue weighted by Crippen LogP contribution is -2.32. The van der Waals surface area contributed by atoms with Gasteiger partial charge in [-0.3, -0.25) is 0 Å². The minimum Gasteiger partial charge on any atom is -0.394 e. The van der Waals surface area contributed by atoms with Gasteiger partial charge in [0, 0.05) is 19.3 Å². The Bertz CT molecular complexity index is 377.